The van der Waals surface area contributed by atoms with Gasteiger partial charge < -0.3 is 15.0 Å². The lowest BCUT2D eigenvalue weighted by Gasteiger charge is -2.18. The van der Waals surface area contributed by atoms with Crippen LogP contribution in [0.15, 0.2) is 36.5 Å². The Kier molecular flexibility index (Phi) is 5.48. The van der Waals surface area contributed by atoms with E-state index in [0.29, 0.717) is 6.54 Å². The van der Waals surface area contributed by atoms with Crippen LogP contribution in [0.5, 0.6) is 5.75 Å². The second-order valence-electron chi connectivity index (χ2n) is 7.79. The zero-order valence-electron chi connectivity index (χ0n) is 16.6. The number of rotatable bonds is 6. The number of amides is 1. The van der Waals surface area contributed by atoms with E-state index in [2.05, 4.69) is 45.3 Å². The molecule has 148 valence electrons. The molecule has 1 atom stereocenters. The number of anilines is 1. The van der Waals surface area contributed by atoms with Gasteiger partial charge in [0.05, 0.1) is 12.2 Å². The van der Waals surface area contributed by atoms with Gasteiger partial charge in [-0.05, 0) is 36.1 Å². The summed E-state index contributed by atoms with van der Waals surface area (Å²) in [5, 5.41) is 2.77. The summed E-state index contributed by atoms with van der Waals surface area (Å²) in [7, 11) is 2.16. The van der Waals surface area contributed by atoms with Crippen LogP contribution >= 0.6 is 0 Å². The van der Waals surface area contributed by atoms with E-state index in [0.717, 1.165) is 50.5 Å². The van der Waals surface area contributed by atoms with Crippen LogP contribution < -0.4 is 15.0 Å². The Morgan fingerprint density at radius 3 is 3.04 bits per heavy atom. The smallest absolute Gasteiger partial charge is 0.217 e. The van der Waals surface area contributed by atoms with Crippen molar-refractivity contribution in [2.45, 2.75) is 39.0 Å². The average molecular weight is 380 g/mol. The molecule has 1 aromatic carbocycles. The Balaban J connectivity index is 1.31. The van der Waals surface area contributed by atoms with Crippen LogP contribution in [0.3, 0.4) is 0 Å². The van der Waals surface area contributed by atoms with E-state index in [4.69, 9.17) is 4.74 Å². The van der Waals surface area contributed by atoms with E-state index in [-0.39, 0.29) is 12.0 Å². The number of nitrogens with one attached hydrogen (secondary N) is 1. The standard InChI is InChI=1S/C22H28N4O2/c1-16(27)24-13-19-12-20(5-8-23-19)28-21-7-10-26(15-21)14-17-3-4-22-18(11-17)6-9-25(22)2/h3-5,8,11-12,21H,6-7,9-10,13-15H2,1-2H3,(H,24,27). The molecule has 1 fully saturated rings. The lowest BCUT2D eigenvalue weighted by Crippen LogP contribution is -2.24. The zero-order chi connectivity index (χ0) is 19.5. The molecule has 28 heavy (non-hydrogen) atoms. The summed E-state index contributed by atoms with van der Waals surface area (Å²) in [5.74, 6) is 0.764. The van der Waals surface area contributed by atoms with Crippen LogP contribution in [-0.2, 0) is 24.3 Å². The van der Waals surface area contributed by atoms with Crippen LogP contribution in [-0.4, -0.2) is 48.6 Å². The summed E-state index contributed by atoms with van der Waals surface area (Å²) < 4.78 is 6.18. The quantitative estimate of drug-likeness (QED) is 0.834. The van der Waals surface area contributed by atoms with Gasteiger partial charge in [0.2, 0.25) is 5.91 Å². The topological polar surface area (TPSA) is 57.7 Å². The van der Waals surface area contributed by atoms with Crippen molar-refractivity contribution in [1.29, 1.82) is 0 Å². The van der Waals surface area contributed by atoms with Crippen LogP contribution in [0, 0.1) is 0 Å². The van der Waals surface area contributed by atoms with Crippen molar-refractivity contribution in [1.82, 2.24) is 15.2 Å². The summed E-state index contributed by atoms with van der Waals surface area (Å²) in [6.07, 6.45) is 4.10. The Bertz CT molecular complexity index is 854. The third kappa shape index (κ3) is 4.44. The second-order valence-corrected chi connectivity index (χ2v) is 7.79. The highest BCUT2D eigenvalue weighted by Crippen LogP contribution is 2.28. The molecule has 0 bridgehead atoms. The molecule has 1 saturated heterocycles. The van der Waals surface area contributed by atoms with Gasteiger partial charge in [-0.1, -0.05) is 12.1 Å². The summed E-state index contributed by atoms with van der Waals surface area (Å²) in [6, 6.07) is 10.7. The predicted octanol–water partition coefficient (Wildman–Crippen LogP) is 2.36. The lowest BCUT2D eigenvalue weighted by molar-refractivity contribution is -0.119. The molecule has 6 nitrogen and oxygen atoms in total. The lowest BCUT2D eigenvalue weighted by atomic mass is 10.1. The molecule has 1 unspecified atom stereocenters. The molecule has 3 heterocycles. The number of hydrogen-bond acceptors (Lipinski definition) is 5. The number of nitrogens with zero attached hydrogens (tertiary/aromatic N) is 3. The SMILES string of the molecule is CC(=O)NCc1cc(OC2CCN(Cc3ccc4c(c3)CCN4C)C2)ccn1. The molecular formula is C22H28N4O2. The van der Waals surface area contributed by atoms with E-state index >= 15 is 0 Å². The van der Waals surface area contributed by atoms with Crippen LogP contribution in [0.4, 0.5) is 5.69 Å². The van der Waals surface area contributed by atoms with Crippen molar-refractivity contribution in [3.05, 3.63) is 53.3 Å². The van der Waals surface area contributed by atoms with Gasteiger partial charge in [-0.25, -0.2) is 0 Å². The average Bonchev–Trinajstić information content (AvgIpc) is 3.27. The van der Waals surface area contributed by atoms with Gasteiger partial charge in [0.25, 0.3) is 0 Å². The fraction of sp³-hybridized carbons (Fsp3) is 0.455. The molecule has 1 N–H and O–H groups in total. The van der Waals surface area contributed by atoms with Crippen LogP contribution in [0.25, 0.3) is 0 Å². The van der Waals surface area contributed by atoms with Gasteiger partial charge in [0, 0.05) is 58.1 Å². The minimum atomic E-state index is -0.0576. The van der Waals surface area contributed by atoms with Crippen molar-refractivity contribution >= 4 is 11.6 Å². The number of hydrogen-bond donors (Lipinski definition) is 1. The van der Waals surface area contributed by atoms with E-state index in [9.17, 15) is 4.79 Å². The largest absolute Gasteiger partial charge is 0.489 e. The first-order chi connectivity index (χ1) is 13.6. The van der Waals surface area contributed by atoms with Crippen molar-refractivity contribution in [3.63, 3.8) is 0 Å². The molecule has 2 aromatic rings. The van der Waals surface area contributed by atoms with Gasteiger partial charge in [-0.3, -0.25) is 14.7 Å². The molecule has 0 radical (unpaired) electrons. The van der Waals surface area contributed by atoms with Gasteiger partial charge in [-0.2, -0.15) is 0 Å². The third-order valence-corrected chi connectivity index (χ3v) is 5.52. The van der Waals surface area contributed by atoms with Crippen molar-refractivity contribution < 1.29 is 9.53 Å². The number of likely N-dealkylation sites (N-methyl/N-ethyl adjacent to an activating group) is 1. The van der Waals surface area contributed by atoms with Crippen LogP contribution in [0.2, 0.25) is 0 Å². The summed E-state index contributed by atoms with van der Waals surface area (Å²) in [6.45, 7) is 6.00. The Labute approximate surface area is 166 Å². The van der Waals surface area contributed by atoms with Crippen LogP contribution in [0.1, 0.15) is 30.2 Å². The number of carbonyl (C=O) groups excluding carboxylic acids is 1. The summed E-state index contributed by atoms with van der Waals surface area (Å²) in [5.41, 5.74) is 5.04. The van der Waals surface area contributed by atoms with Gasteiger partial charge >= 0.3 is 0 Å². The van der Waals surface area contributed by atoms with Crippen molar-refractivity contribution in [3.8, 4) is 5.75 Å². The molecule has 4 rings (SSSR count). The van der Waals surface area contributed by atoms with Gasteiger partial charge in [0.1, 0.15) is 11.9 Å². The Hall–Kier alpha value is -2.60. The first-order valence-electron chi connectivity index (χ1n) is 9.98. The second kappa shape index (κ2) is 8.19. The number of carbonyl (C=O) groups is 1. The number of ether oxygens (including phenoxy) is 1. The molecule has 2 aliphatic rings. The number of benzene rings is 1. The molecule has 6 heteroatoms. The first kappa shape index (κ1) is 18.7. The van der Waals surface area contributed by atoms with E-state index in [1.165, 1.54) is 23.7 Å². The highest BCUT2D eigenvalue weighted by Gasteiger charge is 2.25. The number of likely N-dealkylation sites (tertiary alicyclic amines) is 1. The third-order valence-electron chi connectivity index (χ3n) is 5.52. The van der Waals surface area contributed by atoms with Gasteiger partial charge in [0.15, 0.2) is 0 Å². The first-order valence-corrected chi connectivity index (χ1v) is 9.98. The molecule has 2 aliphatic heterocycles. The molecule has 1 aromatic heterocycles. The molecule has 0 spiro atoms. The van der Waals surface area contributed by atoms with E-state index < -0.39 is 0 Å². The number of pyridine rings is 1. The molecule has 0 aliphatic carbocycles. The number of aromatic nitrogens is 1. The fourth-order valence-corrected chi connectivity index (χ4v) is 4.05. The Morgan fingerprint density at radius 2 is 2.18 bits per heavy atom. The summed E-state index contributed by atoms with van der Waals surface area (Å²) in [4.78, 5) is 20.1. The van der Waals surface area contributed by atoms with Crippen molar-refractivity contribution in [2.24, 2.45) is 0 Å². The normalized spacial score (nSPS) is 18.9. The highest BCUT2D eigenvalue weighted by atomic mass is 16.5. The molecular weight excluding hydrogens is 352 g/mol. The fourth-order valence-electron chi connectivity index (χ4n) is 4.05. The van der Waals surface area contributed by atoms with E-state index in [1.807, 2.05) is 12.1 Å². The van der Waals surface area contributed by atoms with Crippen molar-refractivity contribution in [2.75, 3.05) is 31.6 Å². The maximum Gasteiger partial charge on any atom is 0.217 e. The molecule has 1 amide bonds. The Morgan fingerprint density at radius 1 is 1.29 bits per heavy atom. The zero-order valence-corrected chi connectivity index (χ0v) is 16.6. The maximum atomic E-state index is 11.1. The minimum Gasteiger partial charge on any atom is -0.489 e. The van der Waals surface area contributed by atoms with Gasteiger partial charge in [-0.15, -0.1) is 0 Å². The maximum absolute atomic E-state index is 11.1. The number of fused-ring (bicyclic) bond motifs is 1. The monoisotopic (exact) mass is 380 g/mol. The minimum absolute atomic E-state index is 0.0576. The molecule has 0 saturated carbocycles. The van der Waals surface area contributed by atoms with E-state index in [1.54, 1.807) is 6.20 Å². The highest BCUT2D eigenvalue weighted by molar-refractivity contribution is 5.72. The predicted molar refractivity (Wildman–Crippen MR) is 109 cm³/mol. The summed E-state index contributed by atoms with van der Waals surface area (Å²) >= 11 is 0.